The van der Waals surface area contributed by atoms with Crippen molar-refractivity contribution >= 4 is 5.91 Å². The summed E-state index contributed by atoms with van der Waals surface area (Å²) in [5.74, 6) is 0.375. The van der Waals surface area contributed by atoms with Crippen molar-refractivity contribution in [1.29, 1.82) is 0 Å². The van der Waals surface area contributed by atoms with Gasteiger partial charge in [0.1, 0.15) is 11.6 Å². The second-order valence-corrected chi connectivity index (χ2v) is 7.57. The van der Waals surface area contributed by atoms with Gasteiger partial charge in [0.15, 0.2) is 5.69 Å². The molecule has 0 saturated carbocycles. The third kappa shape index (κ3) is 3.28. The van der Waals surface area contributed by atoms with E-state index in [9.17, 15) is 9.18 Å². The number of hydrogen-bond acceptors (Lipinski definition) is 3. The zero-order valence-corrected chi connectivity index (χ0v) is 16.0. The van der Waals surface area contributed by atoms with E-state index in [1.807, 2.05) is 24.3 Å². The van der Waals surface area contributed by atoms with E-state index in [2.05, 4.69) is 10.4 Å². The number of hydrogen-bond donors (Lipinski definition) is 1. The molecule has 0 bridgehead atoms. The van der Waals surface area contributed by atoms with Crippen LogP contribution in [0.5, 0.6) is 5.75 Å². The van der Waals surface area contributed by atoms with Crippen LogP contribution >= 0.6 is 0 Å². The molecular weight excluding hydrogens is 369 g/mol. The van der Waals surface area contributed by atoms with Crippen LogP contribution in [0.3, 0.4) is 0 Å². The van der Waals surface area contributed by atoms with Crippen LogP contribution in [-0.2, 0) is 12.8 Å². The molecule has 2 heterocycles. The van der Waals surface area contributed by atoms with Crippen LogP contribution in [0.15, 0.2) is 48.5 Å². The Kier molecular flexibility index (Phi) is 4.54. The number of carbonyl (C=O) groups excluding carboxylic acids is 1. The maximum Gasteiger partial charge on any atom is 0.272 e. The molecule has 148 valence electrons. The molecule has 5 nitrogen and oxygen atoms in total. The Morgan fingerprint density at radius 2 is 1.90 bits per heavy atom. The van der Waals surface area contributed by atoms with Crippen LogP contribution in [-0.4, -0.2) is 22.3 Å². The van der Waals surface area contributed by atoms with E-state index in [-0.39, 0.29) is 17.8 Å². The van der Waals surface area contributed by atoms with E-state index in [4.69, 9.17) is 4.74 Å². The van der Waals surface area contributed by atoms with Crippen molar-refractivity contribution in [3.63, 3.8) is 0 Å². The van der Waals surface area contributed by atoms with Gasteiger partial charge in [-0.1, -0.05) is 18.2 Å². The van der Waals surface area contributed by atoms with E-state index in [1.165, 1.54) is 12.1 Å². The largest absolute Gasteiger partial charge is 0.493 e. The molecule has 0 radical (unpaired) electrons. The van der Waals surface area contributed by atoms with Crippen LogP contribution in [0.2, 0.25) is 0 Å². The number of carbonyl (C=O) groups is 1. The van der Waals surface area contributed by atoms with Gasteiger partial charge in [-0.3, -0.25) is 4.79 Å². The lowest BCUT2D eigenvalue weighted by Crippen LogP contribution is -2.33. The van der Waals surface area contributed by atoms with E-state index < -0.39 is 0 Å². The summed E-state index contributed by atoms with van der Waals surface area (Å²) in [5.41, 5.74) is 4.32. The Balaban J connectivity index is 1.48. The number of halogens is 1. The van der Waals surface area contributed by atoms with Gasteiger partial charge in [0.05, 0.1) is 18.3 Å². The first kappa shape index (κ1) is 17.9. The number of para-hydroxylation sites is 1. The number of aromatic nitrogens is 2. The lowest BCUT2D eigenvalue weighted by Gasteiger charge is -2.26. The Hall–Kier alpha value is -3.15. The smallest absolute Gasteiger partial charge is 0.272 e. The molecule has 2 aliphatic rings. The molecular formula is C23H22FN3O2. The Labute approximate surface area is 168 Å². The van der Waals surface area contributed by atoms with Gasteiger partial charge in [-0.05, 0) is 56.0 Å². The fraction of sp³-hybridized carbons (Fsp3) is 0.304. The standard InChI is InChI=1S/C23H22FN3O2/c24-15-9-11-16(12-10-15)27-20-7-3-1-6-18(20)22(26-27)23(28)25-19-13-14-29-21-8-4-2-5-17(19)21/h2,4-5,8-12,19H,1,3,6-7,13-14H2,(H,25,28)/t19-/m1/s1. The van der Waals surface area contributed by atoms with Gasteiger partial charge in [0.2, 0.25) is 0 Å². The van der Waals surface area contributed by atoms with E-state index >= 15 is 0 Å². The molecule has 1 amide bonds. The van der Waals surface area contributed by atoms with E-state index in [1.54, 1.807) is 16.8 Å². The second kappa shape index (κ2) is 7.35. The van der Waals surface area contributed by atoms with E-state index in [0.717, 1.165) is 60.4 Å². The molecule has 1 atom stereocenters. The summed E-state index contributed by atoms with van der Waals surface area (Å²) in [6, 6.07) is 14.0. The molecule has 0 saturated heterocycles. The number of rotatable bonds is 3. The zero-order valence-electron chi connectivity index (χ0n) is 16.0. The molecule has 29 heavy (non-hydrogen) atoms. The lowest BCUT2D eigenvalue weighted by molar-refractivity contribution is 0.0918. The average molecular weight is 391 g/mol. The predicted molar refractivity (Wildman–Crippen MR) is 107 cm³/mol. The number of fused-ring (bicyclic) bond motifs is 2. The van der Waals surface area contributed by atoms with Crippen molar-refractivity contribution < 1.29 is 13.9 Å². The summed E-state index contributed by atoms with van der Waals surface area (Å²) in [6.45, 7) is 0.573. The Morgan fingerprint density at radius 3 is 2.76 bits per heavy atom. The predicted octanol–water partition coefficient (Wildman–Crippen LogP) is 4.14. The number of benzene rings is 2. The molecule has 1 N–H and O–H groups in total. The first-order chi connectivity index (χ1) is 14.2. The lowest BCUT2D eigenvalue weighted by atomic mass is 9.95. The molecule has 2 aromatic carbocycles. The number of nitrogens with zero attached hydrogens (tertiary/aromatic N) is 2. The molecule has 1 aromatic heterocycles. The zero-order chi connectivity index (χ0) is 19.8. The maximum atomic E-state index is 13.4. The monoisotopic (exact) mass is 391 g/mol. The summed E-state index contributed by atoms with van der Waals surface area (Å²) in [7, 11) is 0. The summed E-state index contributed by atoms with van der Waals surface area (Å²) in [4.78, 5) is 13.2. The van der Waals surface area contributed by atoms with Gasteiger partial charge in [-0.2, -0.15) is 5.10 Å². The second-order valence-electron chi connectivity index (χ2n) is 7.57. The van der Waals surface area contributed by atoms with Crippen molar-refractivity contribution in [1.82, 2.24) is 15.1 Å². The molecule has 0 spiro atoms. The summed E-state index contributed by atoms with van der Waals surface area (Å²) >= 11 is 0. The summed E-state index contributed by atoms with van der Waals surface area (Å²) in [5, 5.41) is 7.82. The van der Waals surface area contributed by atoms with Crippen LogP contribution < -0.4 is 10.1 Å². The van der Waals surface area contributed by atoms with Gasteiger partial charge in [-0.25, -0.2) is 9.07 Å². The minimum Gasteiger partial charge on any atom is -0.493 e. The minimum absolute atomic E-state index is 0.0948. The Morgan fingerprint density at radius 1 is 1.10 bits per heavy atom. The van der Waals surface area contributed by atoms with Gasteiger partial charge in [0, 0.05) is 23.2 Å². The van der Waals surface area contributed by atoms with Gasteiger partial charge in [-0.15, -0.1) is 0 Å². The van der Waals surface area contributed by atoms with Crippen LogP contribution in [0, 0.1) is 5.82 Å². The Bertz CT molecular complexity index is 1060. The highest BCUT2D eigenvalue weighted by Gasteiger charge is 2.29. The fourth-order valence-electron chi connectivity index (χ4n) is 4.30. The van der Waals surface area contributed by atoms with Crippen molar-refractivity contribution in [2.45, 2.75) is 38.1 Å². The van der Waals surface area contributed by atoms with Crippen molar-refractivity contribution in [2.24, 2.45) is 0 Å². The van der Waals surface area contributed by atoms with Crippen LogP contribution in [0.25, 0.3) is 5.69 Å². The molecule has 3 aromatic rings. The normalized spacial score (nSPS) is 17.8. The quantitative estimate of drug-likeness (QED) is 0.730. The molecule has 1 aliphatic carbocycles. The third-order valence-corrected chi connectivity index (χ3v) is 5.73. The highest BCUT2D eigenvalue weighted by molar-refractivity contribution is 5.94. The highest BCUT2D eigenvalue weighted by atomic mass is 19.1. The number of nitrogens with one attached hydrogen (secondary N) is 1. The van der Waals surface area contributed by atoms with Crippen molar-refractivity contribution in [2.75, 3.05) is 6.61 Å². The van der Waals surface area contributed by atoms with Crippen molar-refractivity contribution in [3.8, 4) is 11.4 Å². The SMILES string of the molecule is O=C(N[C@@H]1CCOc2ccccc21)c1nn(-c2ccc(F)cc2)c2c1CCCC2. The van der Waals surface area contributed by atoms with Crippen LogP contribution in [0.1, 0.15) is 52.6 Å². The minimum atomic E-state index is -0.286. The molecule has 6 heteroatoms. The molecule has 0 unspecified atom stereocenters. The summed E-state index contributed by atoms with van der Waals surface area (Å²) < 4.78 is 20.9. The highest BCUT2D eigenvalue weighted by Crippen LogP contribution is 2.32. The van der Waals surface area contributed by atoms with Crippen molar-refractivity contribution in [3.05, 3.63) is 76.9 Å². The fourth-order valence-corrected chi connectivity index (χ4v) is 4.30. The van der Waals surface area contributed by atoms with E-state index in [0.29, 0.717) is 12.3 Å². The third-order valence-electron chi connectivity index (χ3n) is 5.73. The topological polar surface area (TPSA) is 56.1 Å². The first-order valence-corrected chi connectivity index (χ1v) is 10.1. The molecule has 1 aliphatic heterocycles. The number of amides is 1. The van der Waals surface area contributed by atoms with Gasteiger partial charge in [0.25, 0.3) is 5.91 Å². The number of ether oxygens (including phenoxy) is 1. The molecule has 5 rings (SSSR count). The molecule has 0 fully saturated rings. The average Bonchev–Trinajstić information content (AvgIpc) is 3.14. The van der Waals surface area contributed by atoms with Gasteiger partial charge >= 0.3 is 0 Å². The summed E-state index contributed by atoms with van der Waals surface area (Å²) in [6.07, 6.45) is 4.54. The van der Waals surface area contributed by atoms with Crippen LogP contribution in [0.4, 0.5) is 4.39 Å². The first-order valence-electron chi connectivity index (χ1n) is 10.1. The maximum absolute atomic E-state index is 13.4. The van der Waals surface area contributed by atoms with Gasteiger partial charge < -0.3 is 10.1 Å².